The first-order valence-electron chi connectivity index (χ1n) is 6.91. The second kappa shape index (κ2) is 5.97. The molecule has 4 heteroatoms. The first-order valence-corrected chi connectivity index (χ1v) is 6.91. The predicted molar refractivity (Wildman–Crippen MR) is 80.8 cm³/mol. The largest absolute Gasteiger partial charge is 0.490 e. The Labute approximate surface area is 123 Å². The molecule has 0 radical (unpaired) electrons. The Bertz CT molecular complexity index is 654. The molecule has 108 valence electrons. The molecule has 1 aliphatic heterocycles. The third kappa shape index (κ3) is 2.76. The second-order valence-electron chi connectivity index (χ2n) is 4.91. The van der Waals surface area contributed by atoms with Gasteiger partial charge in [-0.15, -0.1) is 0 Å². The summed E-state index contributed by atoms with van der Waals surface area (Å²) in [6.45, 7) is 1.58. The minimum absolute atomic E-state index is 0.0105. The van der Waals surface area contributed by atoms with E-state index in [1.54, 1.807) is 12.0 Å². The minimum atomic E-state index is -0.0105. The molecular formula is C17H17NO3. The van der Waals surface area contributed by atoms with E-state index in [4.69, 9.17) is 9.47 Å². The van der Waals surface area contributed by atoms with Crippen molar-refractivity contribution in [2.75, 3.05) is 25.2 Å². The number of amides is 1. The third-order valence-electron chi connectivity index (χ3n) is 3.46. The summed E-state index contributed by atoms with van der Waals surface area (Å²) in [5.74, 6) is 0.744. The summed E-state index contributed by atoms with van der Waals surface area (Å²) in [6, 6.07) is 15.2. The fourth-order valence-electron chi connectivity index (χ4n) is 2.50. The number of benzene rings is 2. The van der Waals surface area contributed by atoms with Gasteiger partial charge in [-0.1, -0.05) is 24.3 Å². The molecule has 1 aliphatic rings. The second-order valence-corrected chi connectivity index (χ2v) is 4.91. The predicted octanol–water partition coefficient (Wildman–Crippen LogP) is 2.87. The van der Waals surface area contributed by atoms with Crippen molar-refractivity contribution in [3.05, 3.63) is 59.7 Å². The van der Waals surface area contributed by atoms with Crippen molar-refractivity contribution >= 4 is 11.6 Å². The SMILES string of the molecule is COCc1cccc(C(=O)N2CCOc3ccccc32)c1. The molecule has 0 saturated heterocycles. The Kier molecular flexibility index (Phi) is 3.88. The third-order valence-corrected chi connectivity index (χ3v) is 3.46. The van der Waals surface area contributed by atoms with E-state index in [1.165, 1.54) is 0 Å². The molecule has 0 spiro atoms. The molecule has 3 rings (SSSR count). The summed E-state index contributed by atoms with van der Waals surface area (Å²) in [4.78, 5) is 14.5. The van der Waals surface area contributed by atoms with Crippen LogP contribution in [0.4, 0.5) is 5.69 Å². The fraction of sp³-hybridized carbons (Fsp3) is 0.235. The highest BCUT2D eigenvalue weighted by atomic mass is 16.5. The number of rotatable bonds is 3. The van der Waals surface area contributed by atoms with Crippen LogP contribution in [-0.4, -0.2) is 26.2 Å². The summed E-state index contributed by atoms with van der Waals surface area (Å²) in [7, 11) is 1.65. The van der Waals surface area contributed by atoms with Crippen LogP contribution in [0.1, 0.15) is 15.9 Å². The van der Waals surface area contributed by atoms with Gasteiger partial charge in [0.25, 0.3) is 5.91 Å². The van der Waals surface area contributed by atoms with Gasteiger partial charge in [-0.05, 0) is 29.8 Å². The number of nitrogens with zero attached hydrogens (tertiary/aromatic N) is 1. The number of hydrogen-bond donors (Lipinski definition) is 0. The van der Waals surface area contributed by atoms with E-state index in [0.717, 1.165) is 17.0 Å². The van der Waals surface area contributed by atoms with Gasteiger partial charge in [0.05, 0.1) is 18.8 Å². The number of anilines is 1. The summed E-state index contributed by atoms with van der Waals surface area (Å²) >= 11 is 0. The molecule has 0 N–H and O–H groups in total. The average molecular weight is 283 g/mol. The molecule has 0 aliphatic carbocycles. The monoisotopic (exact) mass is 283 g/mol. The van der Waals surface area contributed by atoms with Crippen molar-refractivity contribution in [3.63, 3.8) is 0 Å². The number of para-hydroxylation sites is 2. The molecule has 1 heterocycles. The lowest BCUT2D eigenvalue weighted by molar-refractivity contribution is 0.0976. The van der Waals surface area contributed by atoms with E-state index in [-0.39, 0.29) is 5.91 Å². The molecule has 0 fully saturated rings. The zero-order valence-electron chi connectivity index (χ0n) is 11.9. The van der Waals surface area contributed by atoms with Gasteiger partial charge in [0.15, 0.2) is 0 Å². The number of carbonyl (C=O) groups excluding carboxylic acids is 1. The van der Waals surface area contributed by atoms with Crippen molar-refractivity contribution < 1.29 is 14.3 Å². The Balaban J connectivity index is 1.91. The number of carbonyl (C=O) groups is 1. The van der Waals surface area contributed by atoms with Crippen LogP contribution >= 0.6 is 0 Å². The fourth-order valence-corrected chi connectivity index (χ4v) is 2.50. The summed E-state index contributed by atoms with van der Waals surface area (Å²) in [5, 5.41) is 0. The highest BCUT2D eigenvalue weighted by Gasteiger charge is 2.24. The summed E-state index contributed by atoms with van der Waals surface area (Å²) in [6.07, 6.45) is 0. The van der Waals surface area contributed by atoms with E-state index in [0.29, 0.717) is 25.3 Å². The lowest BCUT2D eigenvalue weighted by Crippen LogP contribution is -2.37. The van der Waals surface area contributed by atoms with Crippen molar-refractivity contribution in [2.24, 2.45) is 0 Å². The Morgan fingerprint density at radius 2 is 2.10 bits per heavy atom. The van der Waals surface area contributed by atoms with Crippen LogP contribution in [0, 0.1) is 0 Å². The van der Waals surface area contributed by atoms with Crippen LogP contribution in [0.3, 0.4) is 0 Å². The van der Waals surface area contributed by atoms with Gasteiger partial charge in [-0.25, -0.2) is 0 Å². The van der Waals surface area contributed by atoms with E-state index in [1.807, 2.05) is 48.5 Å². The Hall–Kier alpha value is -2.33. The van der Waals surface area contributed by atoms with Crippen molar-refractivity contribution in [2.45, 2.75) is 6.61 Å². The maximum absolute atomic E-state index is 12.7. The van der Waals surface area contributed by atoms with Gasteiger partial charge in [-0.3, -0.25) is 4.79 Å². The number of fused-ring (bicyclic) bond motifs is 1. The zero-order chi connectivity index (χ0) is 14.7. The summed E-state index contributed by atoms with van der Waals surface area (Å²) in [5.41, 5.74) is 2.48. The van der Waals surface area contributed by atoms with Crippen LogP contribution in [0.5, 0.6) is 5.75 Å². The molecule has 0 unspecified atom stereocenters. The van der Waals surface area contributed by atoms with E-state index in [2.05, 4.69) is 0 Å². The highest BCUT2D eigenvalue weighted by molar-refractivity contribution is 6.07. The highest BCUT2D eigenvalue weighted by Crippen LogP contribution is 2.31. The molecule has 0 bridgehead atoms. The number of ether oxygens (including phenoxy) is 2. The topological polar surface area (TPSA) is 38.8 Å². The van der Waals surface area contributed by atoms with Gasteiger partial charge in [-0.2, -0.15) is 0 Å². The van der Waals surface area contributed by atoms with Gasteiger partial charge >= 0.3 is 0 Å². The summed E-state index contributed by atoms with van der Waals surface area (Å²) < 4.78 is 10.7. The average Bonchev–Trinajstić information content (AvgIpc) is 2.54. The maximum atomic E-state index is 12.7. The first kappa shape index (κ1) is 13.6. The van der Waals surface area contributed by atoms with Crippen LogP contribution < -0.4 is 9.64 Å². The molecule has 0 saturated carbocycles. The van der Waals surface area contributed by atoms with Gasteiger partial charge in [0, 0.05) is 12.7 Å². The maximum Gasteiger partial charge on any atom is 0.258 e. The van der Waals surface area contributed by atoms with E-state index < -0.39 is 0 Å². The van der Waals surface area contributed by atoms with Crippen molar-refractivity contribution in [1.82, 2.24) is 0 Å². The van der Waals surface area contributed by atoms with Crippen LogP contribution in [0.25, 0.3) is 0 Å². The molecule has 2 aromatic rings. The Morgan fingerprint density at radius 1 is 1.24 bits per heavy atom. The quantitative estimate of drug-likeness (QED) is 0.869. The van der Waals surface area contributed by atoms with Crippen LogP contribution in [0.2, 0.25) is 0 Å². The molecule has 0 aromatic heterocycles. The van der Waals surface area contributed by atoms with Gasteiger partial charge in [0.1, 0.15) is 12.4 Å². The van der Waals surface area contributed by atoms with Crippen molar-refractivity contribution in [1.29, 1.82) is 0 Å². The van der Waals surface area contributed by atoms with Crippen molar-refractivity contribution in [3.8, 4) is 5.75 Å². The molecule has 4 nitrogen and oxygen atoms in total. The molecule has 2 aromatic carbocycles. The van der Waals surface area contributed by atoms with E-state index >= 15 is 0 Å². The molecule has 21 heavy (non-hydrogen) atoms. The molecule has 1 amide bonds. The lowest BCUT2D eigenvalue weighted by Gasteiger charge is -2.29. The standard InChI is InChI=1S/C17H17NO3/c1-20-12-13-5-4-6-14(11-13)17(19)18-9-10-21-16-8-3-2-7-15(16)18/h2-8,11H,9-10,12H2,1H3. The van der Waals surface area contributed by atoms with Gasteiger partial charge in [0.2, 0.25) is 0 Å². The lowest BCUT2D eigenvalue weighted by atomic mass is 10.1. The number of methoxy groups -OCH3 is 1. The number of hydrogen-bond acceptors (Lipinski definition) is 3. The smallest absolute Gasteiger partial charge is 0.258 e. The zero-order valence-corrected chi connectivity index (χ0v) is 11.9. The van der Waals surface area contributed by atoms with Crippen LogP contribution in [-0.2, 0) is 11.3 Å². The molecule has 0 atom stereocenters. The molecular weight excluding hydrogens is 266 g/mol. The normalized spacial score (nSPS) is 13.5. The van der Waals surface area contributed by atoms with Crippen LogP contribution in [0.15, 0.2) is 48.5 Å². The first-order chi connectivity index (χ1) is 10.3. The van der Waals surface area contributed by atoms with E-state index in [9.17, 15) is 4.79 Å². The van der Waals surface area contributed by atoms with Gasteiger partial charge < -0.3 is 14.4 Å². The minimum Gasteiger partial charge on any atom is -0.490 e. The Morgan fingerprint density at radius 3 is 2.95 bits per heavy atom.